The van der Waals surface area contributed by atoms with Crippen molar-refractivity contribution in [2.75, 3.05) is 0 Å². The first-order valence-electron chi connectivity index (χ1n) is 6.63. The van der Waals surface area contributed by atoms with Gasteiger partial charge in [0.2, 0.25) is 0 Å². The van der Waals surface area contributed by atoms with Gasteiger partial charge in [0.15, 0.2) is 5.88 Å². The van der Waals surface area contributed by atoms with E-state index in [4.69, 9.17) is 4.74 Å². The zero-order valence-corrected chi connectivity index (χ0v) is 10.8. The highest BCUT2D eigenvalue weighted by atomic mass is 16.5. The van der Waals surface area contributed by atoms with Gasteiger partial charge in [-0.15, -0.1) is 0 Å². The molecule has 4 aromatic rings. The molecule has 4 rings (SSSR count). The third-order valence-electron chi connectivity index (χ3n) is 3.45. The molecule has 96 valence electrons. The monoisotopic (exact) mass is 259 g/mol. The highest BCUT2D eigenvalue weighted by Gasteiger charge is 2.03. The molecule has 0 unspecified atom stereocenters. The van der Waals surface area contributed by atoms with Crippen LogP contribution in [0.5, 0.6) is 11.6 Å². The zero-order valence-electron chi connectivity index (χ0n) is 10.8. The summed E-state index contributed by atoms with van der Waals surface area (Å²) < 4.78 is 5.92. The second-order valence-corrected chi connectivity index (χ2v) is 4.83. The standard InChI is InChI=1S/C18H13NO/c1-2-6-14-11-16(10-9-13(14)5-1)20-18-12-15-7-3-4-8-17(15)19-18/h1-12,19H. The van der Waals surface area contributed by atoms with E-state index in [0.29, 0.717) is 0 Å². The number of aromatic amines is 1. The molecule has 0 radical (unpaired) electrons. The van der Waals surface area contributed by atoms with Gasteiger partial charge < -0.3 is 9.72 Å². The molecule has 1 aromatic heterocycles. The molecule has 0 spiro atoms. The normalized spacial score (nSPS) is 11.0. The van der Waals surface area contributed by atoms with Crippen LogP contribution in [0.15, 0.2) is 72.8 Å². The Morgan fingerprint density at radius 2 is 1.40 bits per heavy atom. The summed E-state index contributed by atoms with van der Waals surface area (Å²) in [6.45, 7) is 0. The number of ether oxygens (including phenoxy) is 1. The number of fused-ring (bicyclic) bond motifs is 2. The van der Waals surface area contributed by atoms with Crippen molar-refractivity contribution in [2.24, 2.45) is 0 Å². The van der Waals surface area contributed by atoms with Gasteiger partial charge in [-0.1, -0.05) is 48.5 Å². The maximum atomic E-state index is 5.92. The summed E-state index contributed by atoms with van der Waals surface area (Å²) in [5.41, 5.74) is 1.09. The SMILES string of the molecule is c1ccc2cc(Oc3cc4ccccc4[nH]3)ccc2c1. The van der Waals surface area contributed by atoms with Crippen LogP contribution in [0.3, 0.4) is 0 Å². The molecule has 20 heavy (non-hydrogen) atoms. The first-order valence-corrected chi connectivity index (χ1v) is 6.63. The van der Waals surface area contributed by atoms with Crippen LogP contribution in [0.2, 0.25) is 0 Å². The zero-order chi connectivity index (χ0) is 13.4. The Morgan fingerprint density at radius 3 is 2.25 bits per heavy atom. The average Bonchev–Trinajstić information content (AvgIpc) is 2.89. The fourth-order valence-corrected chi connectivity index (χ4v) is 2.46. The Hall–Kier alpha value is -2.74. The molecule has 1 heterocycles. The molecule has 0 saturated carbocycles. The van der Waals surface area contributed by atoms with Crippen LogP contribution in [-0.2, 0) is 0 Å². The number of para-hydroxylation sites is 1. The van der Waals surface area contributed by atoms with Crippen molar-refractivity contribution >= 4 is 21.7 Å². The molecule has 0 fully saturated rings. The predicted molar refractivity (Wildman–Crippen MR) is 82.3 cm³/mol. The van der Waals surface area contributed by atoms with Gasteiger partial charge in [0, 0.05) is 17.0 Å². The van der Waals surface area contributed by atoms with E-state index >= 15 is 0 Å². The Morgan fingerprint density at radius 1 is 0.650 bits per heavy atom. The lowest BCUT2D eigenvalue weighted by molar-refractivity contribution is 0.468. The van der Waals surface area contributed by atoms with Crippen LogP contribution >= 0.6 is 0 Å². The van der Waals surface area contributed by atoms with Crippen molar-refractivity contribution in [1.82, 2.24) is 4.98 Å². The van der Waals surface area contributed by atoms with E-state index in [-0.39, 0.29) is 0 Å². The second-order valence-electron chi connectivity index (χ2n) is 4.83. The number of aromatic nitrogens is 1. The molecule has 1 N–H and O–H groups in total. The molecule has 0 bridgehead atoms. The third-order valence-corrected chi connectivity index (χ3v) is 3.45. The largest absolute Gasteiger partial charge is 0.441 e. The Labute approximate surface area is 116 Å². The summed E-state index contributed by atoms with van der Waals surface area (Å²) in [6, 6.07) is 24.6. The lowest BCUT2D eigenvalue weighted by Crippen LogP contribution is -1.83. The number of hydrogen-bond donors (Lipinski definition) is 1. The number of H-pyrrole nitrogens is 1. The van der Waals surface area contributed by atoms with Crippen molar-refractivity contribution in [3.05, 3.63) is 72.8 Å². The quantitative estimate of drug-likeness (QED) is 0.531. The lowest BCUT2D eigenvalue weighted by atomic mass is 10.1. The van der Waals surface area contributed by atoms with Gasteiger partial charge in [-0.25, -0.2) is 0 Å². The van der Waals surface area contributed by atoms with Gasteiger partial charge in [-0.3, -0.25) is 0 Å². The topological polar surface area (TPSA) is 25.0 Å². The second kappa shape index (κ2) is 4.42. The molecule has 2 nitrogen and oxygen atoms in total. The fourth-order valence-electron chi connectivity index (χ4n) is 2.46. The van der Waals surface area contributed by atoms with E-state index in [0.717, 1.165) is 22.5 Å². The summed E-state index contributed by atoms with van der Waals surface area (Å²) >= 11 is 0. The molecule has 0 aliphatic carbocycles. The summed E-state index contributed by atoms with van der Waals surface area (Å²) in [6.07, 6.45) is 0. The van der Waals surface area contributed by atoms with Gasteiger partial charge in [-0.2, -0.15) is 0 Å². The van der Waals surface area contributed by atoms with E-state index in [1.165, 1.54) is 10.8 Å². The van der Waals surface area contributed by atoms with Crippen molar-refractivity contribution in [3.63, 3.8) is 0 Å². The van der Waals surface area contributed by atoms with Gasteiger partial charge in [0.05, 0.1) is 0 Å². The number of rotatable bonds is 2. The first kappa shape index (κ1) is 11.1. The van der Waals surface area contributed by atoms with E-state index < -0.39 is 0 Å². The summed E-state index contributed by atoms with van der Waals surface area (Å²) in [5, 5.41) is 3.56. The highest BCUT2D eigenvalue weighted by Crippen LogP contribution is 2.27. The van der Waals surface area contributed by atoms with Crippen molar-refractivity contribution in [1.29, 1.82) is 0 Å². The molecule has 0 atom stereocenters. The smallest absolute Gasteiger partial charge is 0.198 e. The van der Waals surface area contributed by atoms with Crippen LogP contribution in [0, 0.1) is 0 Å². The maximum absolute atomic E-state index is 5.92. The molecule has 2 heteroatoms. The van der Waals surface area contributed by atoms with Crippen molar-refractivity contribution in [2.45, 2.75) is 0 Å². The van der Waals surface area contributed by atoms with Gasteiger partial charge in [0.25, 0.3) is 0 Å². The van der Waals surface area contributed by atoms with Crippen LogP contribution in [0.4, 0.5) is 0 Å². The Balaban J connectivity index is 1.72. The predicted octanol–water partition coefficient (Wildman–Crippen LogP) is 5.11. The van der Waals surface area contributed by atoms with Crippen LogP contribution in [0.1, 0.15) is 0 Å². The Kier molecular flexibility index (Phi) is 2.46. The van der Waals surface area contributed by atoms with Crippen LogP contribution in [-0.4, -0.2) is 4.98 Å². The minimum atomic E-state index is 0.765. The molecule has 3 aromatic carbocycles. The van der Waals surface area contributed by atoms with E-state index in [1.54, 1.807) is 0 Å². The number of benzene rings is 3. The molecular formula is C18H13NO. The summed E-state index contributed by atoms with van der Waals surface area (Å²) in [4.78, 5) is 3.27. The minimum Gasteiger partial charge on any atom is -0.441 e. The van der Waals surface area contributed by atoms with Crippen molar-refractivity contribution < 1.29 is 4.74 Å². The van der Waals surface area contributed by atoms with Crippen LogP contribution in [0.25, 0.3) is 21.7 Å². The maximum Gasteiger partial charge on any atom is 0.198 e. The van der Waals surface area contributed by atoms with E-state index in [1.807, 2.05) is 42.5 Å². The molecule has 0 amide bonds. The molecule has 0 saturated heterocycles. The first-order chi connectivity index (χ1) is 9.88. The average molecular weight is 259 g/mol. The summed E-state index contributed by atoms with van der Waals surface area (Å²) in [5.74, 6) is 1.61. The van der Waals surface area contributed by atoms with E-state index in [2.05, 4.69) is 35.3 Å². The summed E-state index contributed by atoms with van der Waals surface area (Å²) in [7, 11) is 0. The van der Waals surface area contributed by atoms with E-state index in [9.17, 15) is 0 Å². The third kappa shape index (κ3) is 1.91. The van der Waals surface area contributed by atoms with Gasteiger partial charge >= 0.3 is 0 Å². The van der Waals surface area contributed by atoms with Gasteiger partial charge in [-0.05, 0) is 29.0 Å². The van der Waals surface area contributed by atoms with Gasteiger partial charge in [0.1, 0.15) is 5.75 Å². The lowest BCUT2D eigenvalue weighted by Gasteiger charge is -2.04. The van der Waals surface area contributed by atoms with Crippen molar-refractivity contribution in [3.8, 4) is 11.6 Å². The van der Waals surface area contributed by atoms with Crippen LogP contribution < -0.4 is 4.74 Å². The molecular weight excluding hydrogens is 246 g/mol. The molecule has 0 aliphatic heterocycles. The number of hydrogen-bond acceptors (Lipinski definition) is 1. The molecule has 0 aliphatic rings. The Bertz CT molecular complexity index is 859. The fraction of sp³-hybridized carbons (Fsp3) is 0. The minimum absolute atomic E-state index is 0.765. The number of nitrogens with one attached hydrogen (secondary N) is 1. The highest BCUT2D eigenvalue weighted by molar-refractivity contribution is 5.84.